The second-order valence-corrected chi connectivity index (χ2v) is 6.70. The van der Waals surface area contributed by atoms with Gasteiger partial charge in [-0.25, -0.2) is 0 Å². The van der Waals surface area contributed by atoms with E-state index in [0.717, 1.165) is 17.5 Å². The van der Waals surface area contributed by atoms with Gasteiger partial charge >= 0.3 is 0 Å². The predicted molar refractivity (Wildman–Crippen MR) is 101 cm³/mol. The van der Waals surface area contributed by atoms with Crippen LogP contribution in [0.1, 0.15) is 37.5 Å². The molecule has 0 saturated carbocycles. The first-order valence-corrected chi connectivity index (χ1v) is 8.52. The van der Waals surface area contributed by atoms with Gasteiger partial charge in [0, 0.05) is 11.0 Å². The van der Waals surface area contributed by atoms with Crippen molar-refractivity contribution in [1.29, 1.82) is 0 Å². The Kier molecular flexibility index (Phi) is 4.44. The van der Waals surface area contributed by atoms with E-state index in [9.17, 15) is 5.11 Å². The maximum atomic E-state index is 10.7. The van der Waals surface area contributed by atoms with Crippen LogP contribution in [0, 0.1) is 0 Å². The maximum absolute atomic E-state index is 10.7. The van der Waals surface area contributed by atoms with Crippen LogP contribution in [0.3, 0.4) is 0 Å². The minimum Gasteiger partial charge on any atom is -0.508 e. The van der Waals surface area contributed by atoms with Gasteiger partial charge in [0.25, 0.3) is 0 Å². The molecule has 1 nitrogen and oxygen atoms in total. The summed E-state index contributed by atoms with van der Waals surface area (Å²) in [5, 5.41) is 10.7. The van der Waals surface area contributed by atoms with Gasteiger partial charge in [0.1, 0.15) is 5.75 Å². The van der Waals surface area contributed by atoms with Crippen molar-refractivity contribution in [3.63, 3.8) is 0 Å². The highest BCUT2D eigenvalue weighted by Crippen LogP contribution is 2.43. The van der Waals surface area contributed by atoms with Crippen molar-refractivity contribution in [2.75, 3.05) is 0 Å². The summed E-state index contributed by atoms with van der Waals surface area (Å²) in [6.45, 7) is 6.52. The van der Waals surface area contributed by atoms with Crippen LogP contribution in [0.15, 0.2) is 72.8 Å². The molecule has 0 aliphatic heterocycles. The SMILES string of the molecule is CCc1ccccc1-c1cccc(O)c1C(C)(C)c1ccccc1. The van der Waals surface area contributed by atoms with E-state index in [1.807, 2.05) is 12.1 Å². The molecule has 0 amide bonds. The number of hydrogen-bond donors (Lipinski definition) is 1. The zero-order valence-corrected chi connectivity index (χ0v) is 14.6. The van der Waals surface area contributed by atoms with Gasteiger partial charge in [0.05, 0.1) is 0 Å². The van der Waals surface area contributed by atoms with Crippen molar-refractivity contribution in [3.05, 3.63) is 89.5 Å². The molecule has 24 heavy (non-hydrogen) atoms. The van der Waals surface area contributed by atoms with Crippen LogP contribution in [-0.2, 0) is 11.8 Å². The topological polar surface area (TPSA) is 20.2 Å². The first-order chi connectivity index (χ1) is 11.6. The molecule has 0 heterocycles. The van der Waals surface area contributed by atoms with Crippen LogP contribution in [-0.4, -0.2) is 5.11 Å². The third-order valence-corrected chi connectivity index (χ3v) is 4.85. The second-order valence-electron chi connectivity index (χ2n) is 6.70. The van der Waals surface area contributed by atoms with Gasteiger partial charge in [-0.2, -0.15) is 0 Å². The van der Waals surface area contributed by atoms with Crippen molar-refractivity contribution in [2.45, 2.75) is 32.6 Å². The Bertz CT molecular complexity index is 832. The highest BCUT2D eigenvalue weighted by atomic mass is 16.3. The van der Waals surface area contributed by atoms with E-state index < -0.39 is 0 Å². The summed E-state index contributed by atoms with van der Waals surface area (Å²) in [5.41, 5.74) is 5.51. The molecule has 0 unspecified atom stereocenters. The van der Waals surface area contributed by atoms with E-state index >= 15 is 0 Å². The smallest absolute Gasteiger partial charge is 0.120 e. The van der Waals surface area contributed by atoms with E-state index in [0.29, 0.717) is 5.75 Å². The minimum absolute atomic E-state index is 0.289. The highest BCUT2D eigenvalue weighted by molar-refractivity contribution is 5.75. The van der Waals surface area contributed by atoms with E-state index in [-0.39, 0.29) is 5.41 Å². The lowest BCUT2D eigenvalue weighted by atomic mass is 9.74. The van der Waals surface area contributed by atoms with Crippen LogP contribution < -0.4 is 0 Å². The summed E-state index contributed by atoms with van der Waals surface area (Å²) in [7, 11) is 0. The molecule has 3 aromatic rings. The number of phenols is 1. The monoisotopic (exact) mass is 316 g/mol. The molecule has 0 bridgehead atoms. The second kappa shape index (κ2) is 6.52. The zero-order chi connectivity index (χ0) is 17.2. The van der Waals surface area contributed by atoms with Crippen LogP contribution in [0.4, 0.5) is 0 Å². The zero-order valence-electron chi connectivity index (χ0n) is 14.6. The average Bonchev–Trinajstić information content (AvgIpc) is 2.62. The van der Waals surface area contributed by atoms with Crippen molar-refractivity contribution >= 4 is 0 Å². The van der Waals surface area contributed by atoms with Crippen molar-refractivity contribution < 1.29 is 5.11 Å². The number of aromatic hydroxyl groups is 1. The van der Waals surface area contributed by atoms with Crippen molar-refractivity contribution in [1.82, 2.24) is 0 Å². The Hall–Kier alpha value is -2.54. The number of phenolic OH excluding ortho intramolecular Hbond substituents is 1. The Labute approximate surface area is 144 Å². The fourth-order valence-corrected chi connectivity index (χ4v) is 3.51. The van der Waals surface area contributed by atoms with Crippen molar-refractivity contribution in [3.8, 4) is 16.9 Å². The summed E-state index contributed by atoms with van der Waals surface area (Å²) >= 11 is 0. The summed E-state index contributed by atoms with van der Waals surface area (Å²) in [4.78, 5) is 0. The normalized spacial score (nSPS) is 11.5. The Morgan fingerprint density at radius 1 is 0.750 bits per heavy atom. The maximum Gasteiger partial charge on any atom is 0.120 e. The number of hydrogen-bond acceptors (Lipinski definition) is 1. The molecular formula is C23H24O. The van der Waals surface area contributed by atoms with E-state index in [2.05, 4.69) is 75.4 Å². The lowest BCUT2D eigenvalue weighted by Crippen LogP contribution is -2.20. The van der Waals surface area contributed by atoms with Gasteiger partial charge in [-0.3, -0.25) is 0 Å². The van der Waals surface area contributed by atoms with Crippen LogP contribution in [0.2, 0.25) is 0 Å². The fourth-order valence-electron chi connectivity index (χ4n) is 3.51. The summed E-state index contributed by atoms with van der Waals surface area (Å²) in [6, 6.07) is 24.7. The van der Waals surface area contributed by atoms with E-state index in [4.69, 9.17) is 0 Å². The molecule has 0 spiro atoms. The predicted octanol–water partition coefficient (Wildman–Crippen LogP) is 5.95. The highest BCUT2D eigenvalue weighted by Gasteiger charge is 2.29. The molecule has 0 saturated heterocycles. The third kappa shape index (κ3) is 2.82. The Morgan fingerprint density at radius 3 is 2.08 bits per heavy atom. The Balaban J connectivity index is 2.26. The van der Waals surface area contributed by atoms with E-state index in [1.54, 1.807) is 6.07 Å². The first kappa shape index (κ1) is 16.3. The van der Waals surface area contributed by atoms with Crippen LogP contribution >= 0.6 is 0 Å². The molecule has 3 aromatic carbocycles. The summed E-state index contributed by atoms with van der Waals surface area (Å²) in [5.74, 6) is 0.354. The molecule has 3 rings (SSSR count). The van der Waals surface area contributed by atoms with Gasteiger partial charge < -0.3 is 5.11 Å². The van der Waals surface area contributed by atoms with Crippen LogP contribution in [0.25, 0.3) is 11.1 Å². The van der Waals surface area contributed by atoms with Crippen molar-refractivity contribution in [2.24, 2.45) is 0 Å². The van der Waals surface area contributed by atoms with Gasteiger partial charge in [-0.1, -0.05) is 87.5 Å². The number of benzene rings is 3. The lowest BCUT2D eigenvalue weighted by Gasteiger charge is -2.30. The van der Waals surface area contributed by atoms with Crippen LogP contribution in [0.5, 0.6) is 5.75 Å². The molecule has 1 heteroatoms. The van der Waals surface area contributed by atoms with Gasteiger partial charge in [-0.15, -0.1) is 0 Å². The summed E-state index contributed by atoms with van der Waals surface area (Å²) in [6.07, 6.45) is 0.969. The van der Waals surface area contributed by atoms with Gasteiger partial charge in [-0.05, 0) is 34.7 Å². The third-order valence-electron chi connectivity index (χ3n) is 4.85. The van der Waals surface area contributed by atoms with Gasteiger partial charge in [0.2, 0.25) is 0 Å². The quantitative estimate of drug-likeness (QED) is 0.631. The lowest BCUT2D eigenvalue weighted by molar-refractivity contribution is 0.454. The minimum atomic E-state index is -0.289. The molecule has 0 aliphatic rings. The van der Waals surface area contributed by atoms with Gasteiger partial charge in [0.15, 0.2) is 0 Å². The molecule has 1 N–H and O–H groups in total. The molecular weight excluding hydrogens is 292 g/mol. The Morgan fingerprint density at radius 2 is 1.38 bits per heavy atom. The first-order valence-electron chi connectivity index (χ1n) is 8.52. The average molecular weight is 316 g/mol. The molecule has 122 valence electrons. The van der Waals surface area contributed by atoms with E-state index in [1.165, 1.54) is 16.7 Å². The largest absolute Gasteiger partial charge is 0.508 e. The molecule has 0 atom stereocenters. The molecule has 0 aliphatic carbocycles. The number of aryl methyl sites for hydroxylation is 1. The molecule has 0 radical (unpaired) electrons. The molecule has 0 aromatic heterocycles. The molecule has 0 fully saturated rings. The number of rotatable bonds is 4. The summed E-state index contributed by atoms with van der Waals surface area (Å²) < 4.78 is 0. The standard InChI is InChI=1S/C23H24O/c1-4-17-11-8-9-14-19(17)20-15-10-16-21(24)22(20)23(2,3)18-12-6-5-7-13-18/h5-16,24H,4H2,1-3H3. The fraction of sp³-hybridized carbons (Fsp3) is 0.217.